The van der Waals surface area contributed by atoms with Gasteiger partial charge in [-0.15, -0.1) is 0 Å². The number of nitrogens with zero attached hydrogens (tertiary/aromatic N) is 2. The molecule has 1 aromatic carbocycles. The van der Waals surface area contributed by atoms with Crippen LogP contribution in [0.25, 0.3) is 0 Å². The first-order valence-electron chi connectivity index (χ1n) is 6.67. The zero-order chi connectivity index (χ0) is 16.4. The maximum atomic E-state index is 12.1. The summed E-state index contributed by atoms with van der Waals surface area (Å²) in [4.78, 5) is 35.5. The Kier molecular flexibility index (Phi) is 7.13. The molecular weight excluding hydrogens is 286 g/mol. The van der Waals surface area contributed by atoms with E-state index in [2.05, 4.69) is 10.1 Å². The Morgan fingerprint density at radius 1 is 1.27 bits per heavy atom. The molecule has 116 valence electrons. The van der Waals surface area contributed by atoms with Gasteiger partial charge >= 0.3 is 12.0 Å². The van der Waals surface area contributed by atoms with Crippen molar-refractivity contribution >= 4 is 17.9 Å². The summed E-state index contributed by atoms with van der Waals surface area (Å²) >= 11 is 0. The third-order valence-corrected chi connectivity index (χ3v) is 2.64. The minimum Gasteiger partial charge on any atom is -0.464 e. The lowest BCUT2D eigenvalue weighted by molar-refractivity contribution is -0.140. The largest absolute Gasteiger partial charge is 0.464 e. The Bertz CT molecular complexity index is 566. The molecule has 22 heavy (non-hydrogen) atoms. The number of esters is 1. The Morgan fingerprint density at radius 3 is 2.55 bits per heavy atom. The molecule has 1 aromatic rings. The van der Waals surface area contributed by atoms with Crippen molar-refractivity contribution in [2.75, 3.05) is 13.2 Å². The van der Waals surface area contributed by atoms with E-state index >= 15 is 0 Å². The fourth-order valence-corrected chi connectivity index (χ4v) is 1.65. The third-order valence-electron chi connectivity index (χ3n) is 2.64. The van der Waals surface area contributed by atoms with Crippen molar-refractivity contribution in [3.63, 3.8) is 0 Å². The van der Waals surface area contributed by atoms with Crippen LogP contribution in [-0.2, 0) is 20.9 Å². The molecule has 0 spiro atoms. The van der Waals surface area contributed by atoms with Gasteiger partial charge in [0.05, 0.1) is 19.2 Å². The van der Waals surface area contributed by atoms with Crippen LogP contribution in [-0.4, -0.2) is 36.0 Å². The first-order valence-corrected chi connectivity index (χ1v) is 6.67. The molecule has 0 aromatic heterocycles. The minimum absolute atomic E-state index is 0.0205. The molecule has 7 heteroatoms. The number of nitriles is 1. The van der Waals surface area contributed by atoms with E-state index in [1.54, 1.807) is 30.3 Å². The lowest BCUT2D eigenvalue weighted by Gasteiger charge is -2.20. The first-order chi connectivity index (χ1) is 10.5. The van der Waals surface area contributed by atoms with Gasteiger partial charge in [-0.05, 0) is 5.56 Å². The second-order valence-electron chi connectivity index (χ2n) is 4.37. The number of nitrogens with one attached hydrogen (secondary N) is 1. The molecule has 1 rings (SSSR count). The van der Waals surface area contributed by atoms with Gasteiger partial charge in [0.1, 0.15) is 13.0 Å². The molecule has 1 N–H and O–H groups in total. The summed E-state index contributed by atoms with van der Waals surface area (Å²) in [5, 5.41) is 11.1. The molecule has 0 saturated heterocycles. The highest BCUT2D eigenvalue weighted by Gasteiger charge is 2.21. The van der Waals surface area contributed by atoms with E-state index in [0.29, 0.717) is 0 Å². The van der Waals surface area contributed by atoms with E-state index in [9.17, 15) is 14.4 Å². The molecule has 0 atom stereocenters. The lowest BCUT2D eigenvalue weighted by atomic mass is 10.2. The Balaban J connectivity index is 2.65. The standard InChI is InChI=1S/C15H17N3O4/c1-12(19)22-10-9-17-15(21)18(14(20)7-8-16)11-13-5-3-2-4-6-13/h2-6H,7,9-11H2,1H3,(H,17,21). The van der Waals surface area contributed by atoms with Crippen molar-refractivity contribution in [2.24, 2.45) is 0 Å². The molecule has 0 unspecified atom stereocenters. The fourth-order valence-electron chi connectivity index (χ4n) is 1.65. The summed E-state index contributed by atoms with van der Waals surface area (Å²) in [5.41, 5.74) is 0.768. The van der Waals surface area contributed by atoms with Crippen molar-refractivity contribution in [1.82, 2.24) is 10.2 Å². The summed E-state index contributed by atoms with van der Waals surface area (Å²) in [6.45, 7) is 1.44. The zero-order valence-corrected chi connectivity index (χ0v) is 12.2. The highest BCUT2D eigenvalue weighted by atomic mass is 16.5. The molecule has 0 aliphatic carbocycles. The summed E-state index contributed by atoms with van der Waals surface area (Å²) in [5.74, 6) is -1.03. The van der Waals surface area contributed by atoms with Crippen LogP contribution in [0.3, 0.4) is 0 Å². The summed E-state index contributed by atoms with van der Waals surface area (Å²) in [6, 6.07) is 10.1. The van der Waals surface area contributed by atoms with Gasteiger partial charge in [-0.3, -0.25) is 14.5 Å². The Hall–Kier alpha value is -2.88. The van der Waals surface area contributed by atoms with E-state index in [1.807, 2.05) is 6.07 Å². The molecule has 0 heterocycles. The van der Waals surface area contributed by atoms with Crippen molar-refractivity contribution in [2.45, 2.75) is 19.9 Å². The number of hydrogen-bond donors (Lipinski definition) is 1. The fraction of sp³-hybridized carbons (Fsp3) is 0.333. The third kappa shape index (κ3) is 6.05. The van der Waals surface area contributed by atoms with E-state index in [4.69, 9.17) is 5.26 Å². The lowest BCUT2D eigenvalue weighted by Crippen LogP contribution is -2.44. The number of amides is 3. The SMILES string of the molecule is CC(=O)OCCNC(=O)N(Cc1ccccc1)C(=O)CC#N. The van der Waals surface area contributed by atoms with E-state index < -0.39 is 17.9 Å². The second-order valence-corrected chi connectivity index (χ2v) is 4.37. The molecule has 7 nitrogen and oxygen atoms in total. The highest BCUT2D eigenvalue weighted by molar-refractivity contribution is 5.95. The van der Waals surface area contributed by atoms with Crippen molar-refractivity contribution < 1.29 is 19.1 Å². The average molecular weight is 303 g/mol. The summed E-state index contributed by atoms with van der Waals surface area (Å²) < 4.78 is 4.69. The van der Waals surface area contributed by atoms with E-state index in [0.717, 1.165) is 10.5 Å². The number of imide groups is 1. The number of carbonyl (C=O) groups excluding carboxylic acids is 3. The van der Waals surface area contributed by atoms with Crippen LogP contribution in [0.15, 0.2) is 30.3 Å². The van der Waals surface area contributed by atoms with Crippen molar-refractivity contribution in [3.05, 3.63) is 35.9 Å². The van der Waals surface area contributed by atoms with Crippen LogP contribution < -0.4 is 5.32 Å². The summed E-state index contributed by atoms with van der Waals surface area (Å²) in [6.07, 6.45) is -0.385. The van der Waals surface area contributed by atoms with Gasteiger partial charge in [-0.1, -0.05) is 30.3 Å². The molecule has 0 aliphatic rings. The topological polar surface area (TPSA) is 99.5 Å². The molecule has 0 aliphatic heterocycles. The van der Waals surface area contributed by atoms with E-state index in [1.165, 1.54) is 6.92 Å². The van der Waals surface area contributed by atoms with Gasteiger partial charge in [-0.25, -0.2) is 4.79 Å². The second kappa shape index (κ2) is 9.13. The van der Waals surface area contributed by atoms with E-state index in [-0.39, 0.29) is 26.1 Å². The predicted molar refractivity (Wildman–Crippen MR) is 77.3 cm³/mol. The van der Waals surface area contributed by atoms with Crippen LogP contribution in [0, 0.1) is 11.3 Å². The Morgan fingerprint density at radius 2 is 1.95 bits per heavy atom. The summed E-state index contributed by atoms with van der Waals surface area (Å²) in [7, 11) is 0. The maximum absolute atomic E-state index is 12.1. The number of hydrogen-bond acceptors (Lipinski definition) is 5. The van der Waals surface area contributed by atoms with Crippen LogP contribution in [0.5, 0.6) is 0 Å². The number of rotatable bonds is 6. The molecule has 0 bridgehead atoms. The Labute approximate surface area is 128 Å². The van der Waals surface area contributed by atoms with Crippen molar-refractivity contribution in [1.29, 1.82) is 5.26 Å². The maximum Gasteiger partial charge on any atom is 0.324 e. The zero-order valence-electron chi connectivity index (χ0n) is 12.2. The molecule has 0 radical (unpaired) electrons. The number of benzene rings is 1. The van der Waals surface area contributed by atoms with Gasteiger partial charge in [0.2, 0.25) is 5.91 Å². The van der Waals surface area contributed by atoms with Crippen LogP contribution in [0.1, 0.15) is 18.9 Å². The monoisotopic (exact) mass is 303 g/mol. The van der Waals surface area contributed by atoms with Crippen LogP contribution in [0.2, 0.25) is 0 Å². The van der Waals surface area contributed by atoms with Gasteiger partial charge < -0.3 is 10.1 Å². The minimum atomic E-state index is -0.628. The van der Waals surface area contributed by atoms with Crippen LogP contribution >= 0.6 is 0 Å². The first kappa shape index (κ1) is 17.2. The number of carbonyl (C=O) groups is 3. The van der Waals surface area contributed by atoms with Gasteiger partial charge in [0.15, 0.2) is 0 Å². The normalized spacial score (nSPS) is 9.45. The van der Waals surface area contributed by atoms with Gasteiger partial charge in [0, 0.05) is 6.92 Å². The smallest absolute Gasteiger partial charge is 0.324 e. The van der Waals surface area contributed by atoms with Gasteiger partial charge in [0.25, 0.3) is 0 Å². The van der Waals surface area contributed by atoms with Crippen LogP contribution in [0.4, 0.5) is 4.79 Å². The number of ether oxygens (including phenoxy) is 1. The number of urea groups is 1. The van der Waals surface area contributed by atoms with Crippen molar-refractivity contribution in [3.8, 4) is 6.07 Å². The quantitative estimate of drug-likeness (QED) is 0.629. The average Bonchev–Trinajstić information content (AvgIpc) is 2.50. The highest BCUT2D eigenvalue weighted by Crippen LogP contribution is 2.06. The molecule has 0 fully saturated rings. The molecule has 3 amide bonds. The van der Waals surface area contributed by atoms with Gasteiger partial charge in [-0.2, -0.15) is 5.26 Å². The predicted octanol–water partition coefficient (Wildman–Crippen LogP) is 1.20. The molecular formula is C15H17N3O4. The molecule has 0 saturated carbocycles.